The second-order valence-electron chi connectivity index (χ2n) is 6.70. The lowest BCUT2D eigenvalue weighted by Crippen LogP contribution is -2.42. The van der Waals surface area contributed by atoms with Crippen LogP contribution >= 0.6 is 0 Å². The summed E-state index contributed by atoms with van der Waals surface area (Å²) < 4.78 is 10.5. The molecule has 1 saturated heterocycles. The van der Waals surface area contributed by atoms with Crippen LogP contribution in [-0.4, -0.2) is 41.8 Å². The minimum Gasteiger partial charge on any atom is -0.480 e. The van der Waals surface area contributed by atoms with Gasteiger partial charge in [0.1, 0.15) is 17.2 Å². The van der Waals surface area contributed by atoms with Crippen LogP contribution in [0.3, 0.4) is 0 Å². The number of hydrogen-bond acceptors (Lipinski definition) is 5. The minimum atomic E-state index is -0.500. The lowest BCUT2D eigenvalue weighted by atomic mass is 9.91. The van der Waals surface area contributed by atoms with Crippen molar-refractivity contribution in [3.63, 3.8) is 0 Å². The molecule has 6 heteroatoms. The summed E-state index contributed by atoms with van der Waals surface area (Å²) in [5, 5.41) is 9.19. The minimum absolute atomic E-state index is 0.154. The molecule has 23 heavy (non-hydrogen) atoms. The van der Waals surface area contributed by atoms with E-state index in [0.717, 1.165) is 18.4 Å². The Bertz CT molecular complexity index is 616. The monoisotopic (exact) mass is 317 g/mol. The van der Waals surface area contributed by atoms with Gasteiger partial charge in [0.15, 0.2) is 0 Å². The van der Waals surface area contributed by atoms with Gasteiger partial charge in [-0.2, -0.15) is 5.26 Å². The summed E-state index contributed by atoms with van der Waals surface area (Å²) in [7, 11) is 1.49. The van der Waals surface area contributed by atoms with E-state index in [0.29, 0.717) is 24.5 Å². The van der Waals surface area contributed by atoms with Crippen LogP contribution in [0.2, 0.25) is 0 Å². The molecule has 1 unspecified atom stereocenters. The first-order valence-corrected chi connectivity index (χ1v) is 7.76. The predicted molar refractivity (Wildman–Crippen MR) is 85.3 cm³/mol. The highest BCUT2D eigenvalue weighted by Gasteiger charge is 2.28. The Labute approximate surface area is 137 Å². The van der Waals surface area contributed by atoms with E-state index in [-0.39, 0.29) is 12.0 Å². The summed E-state index contributed by atoms with van der Waals surface area (Å²) in [6.07, 6.45) is 3.29. The lowest BCUT2D eigenvalue weighted by Gasteiger charge is -2.34. The molecule has 0 radical (unpaired) electrons. The Morgan fingerprint density at radius 3 is 2.83 bits per heavy atom. The van der Waals surface area contributed by atoms with E-state index in [1.54, 1.807) is 17.2 Å². The van der Waals surface area contributed by atoms with Gasteiger partial charge in [-0.25, -0.2) is 9.78 Å². The van der Waals surface area contributed by atoms with Gasteiger partial charge in [0, 0.05) is 25.2 Å². The highest BCUT2D eigenvalue weighted by Crippen LogP contribution is 2.29. The van der Waals surface area contributed by atoms with E-state index in [9.17, 15) is 10.1 Å². The normalized spacial score (nSPS) is 18.2. The summed E-state index contributed by atoms with van der Waals surface area (Å²) in [4.78, 5) is 18.2. The van der Waals surface area contributed by atoms with Gasteiger partial charge >= 0.3 is 6.09 Å². The Hall–Kier alpha value is -2.29. The van der Waals surface area contributed by atoms with Crippen LogP contribution in [0.15, 0.2) is 12.3 Å². The van der Waals surface area contributed by atoms with Crippen molar-refractivity contribution in [2.24, 2.45) is 0 Å². The van der Waals surface area contributed by atoms with Crippen molar-refractivity contribution >= 4 is 6.09 Å². The molecular weight excluding hydrogens is 294 g/mol. The number of likely N-dealkylation sites (tertiary alicyclic amines) is 1. The van der Waals surface area contributed by atoms with Crippen LogP contribution in [-0.2, 0) is 4.74 Å². The van der Waals surface area contributed by atoms with Gasteiger partial charge in [-0.05, 0) is 45.2 Å². The van der Waals surface area contributed by atoms with Crippen LogP contribution in [0, 0.1) is 11.3 Å². The van der Waals surface area contributed by atoms with Crippen molar-refractivity contribution in [3.05, 3.63) is 23.4 Å². The van der Waals surface area contributed by atoms with Crippen molar-refractivity contribution < 1.29 is 14.3 Å². The summed E-state index contributed by atoms with van der Waals surface area (Å²) in [5.74, 6) is 0.484. The molecule has 2 heterocycles. The molecule has 1 atom stereocenters. The van der Waals surface area contributed by atoms with Crippen molar-refractivity contribution in [2.45, 2.75) is 45.1 Å². The van der Waals surface area contributed by atoms with E-state index >= 15 is 0 Å². The first kappa shape index (κ1) is 17.1. The lowest BCUT2D eigenvalue weighted by molar-refractivity contribution is 0.0198. The average molecular weight is 317 g/mol. The first-order chi connectivity index (χ1) is 10.8. The van der Waals surface area contributed by atoms with Gasteiger partial charge in [0.2, 0.25) is 5.88 Å². The third-order valence-electron chi connectivity index (χ3n) is 3.73. The third kappa shape index (κ3) is 4.35. The summed E-state index contributed by atoms with van der Waals surface area (Å²) in [5.41, 5.74) is 0.870. The van der Waals surface area contributed by atoms with Crippen LogP contribution in [0.5, 0.6) is 5.88 Å². The Kier molecular flexibility index (Phi) is 5.09. The molecule has 0 spiro atoms. The SMILES string of the molecule is COc1ncc(C2CCCN(C(=O)OC(C)(C)C)C2)cc1C#N. The van der Waals surface area contributed by atoms with Crippen LogP contribution in [0.1, 0.15) is 50.7 Å². The molecule has 1 amide bonds. The summed E-state index contributed by atoms with van der Waals surface area (Å²) in [6, 6.07) is 3.90. The number of carbonyl (C=O) groups excluding carboxylic acids is 1. The highest BCUT2D eigenvalue weighted by atomic mass is 16.6. The van der Waals surface area contributed by atoms with Gasteiger partial charge in [-0.15, -0.1) is 0 Å². The molecule has 1 aliphatic rings. The molecule has 1 aliphatic heterocycles. The number of rotatable bonds is 2. The number of aromatic nitrogens is 1. The second kappa shape index (κ2) is 6.86. The molecule has 0 N–H and O–H groups in total. The molecule has 0 aromatic carbocycles. The number of nitriles is 1. The number of piperidine rings is 1. The molecule has 0 aliphatic carbocycles. The fourth-order valence-electron chi connectivity index (χ4n) is 2.68. The molecule has 2 rings (SSSR count). The van der Waals surface area contributed by atoms with Crippen molar-refractivity contribution in [2.75, 3.05) is 20.2 Å². The van der Waals surface area contributed by atoms with Gasteiger partial charge in [0.05, 0.1) is 7.11 Å². The number of carbonyl (C=O) groups is 1. The average Bonchev–Trinajstić information content (AvgIpc) is 2.52. The maximum Gasteiger partial charge on any atom is 0.410 e. The molecular formula is C17H23N3O3. The van der Waals surface area contributed by atoms with E-state index in [4.69, 9.17) is 9.47 Å². The topological polar surface area (TPSA) is 75.4 Å². The van der Waals surface area contributed by atoms with Crippen molar-refractivity contribution in [1.29, 1.82) is 5.26 Å². The molecule has 0 bridgehead atoms. The number of pyridine rings is 1. The largest absolute Gasteiger partial charge is 0.480 e. The second-order valence-corrected chi connectivity index (χ2v) is 6.70. The maximum absolute atomic E-state index is 12.2. The summed E-state index contributed by atoms with van der Waals surface area (Å²) in [6.45, 7) is 6.85. The van der Waals surface area contributed by atoms with E-state index < -0.39 is 5.60 Å². The van der Waals surface area contributed by atoms with Gasteiger partial charge < -0.3 is 14.4 Å². The number of nitrogens with zero attached hydrogens (tertiary/aromatic N) is 3. The van der Waals surface area contributed by atoms with E-state index in [1.165, 1.54) is 7.11 Å². The summed E-state index contributed by atoms with van der Waals surface area (Å²) >= 11 is 0. The highest BCUT2D eigenvalue weighted by molar-refractivity contribution is 5.68. The molecule has 1 fully saturated rings. The molecule has 6 nitrogen and oxygen atoms in total. The van der Waals surface area contributed by atoms with Gasteiger partial charge in [0.25, 0.3) is 0 Å². The first-order valence-electron chi connectivity index (χ1n) is 7.76. The Balaban J connectivity index is 2.12. The molecule has 0 saturated carbocycles. The van der Waals surface area contributed by atoms with Gasteiger partial charge in [-0.3, -0.25) is 0 Å². The zero-order valence-corrected chi connectivity index (χ0v) is 14.1. The number of methoxy groups -OCH3 is 1. The predicted octanol–water partition coefficient (Wildman–Crippen LogP) is 3.08. The Morgan fingerprint density at radius 1 is 1.48 bits per heavy atom. The van der Waals surface area contributed by atoms with Crippen LogP contribution in [0.25, 0.3) is 0 Å². The fraction of sp³-hybridized carbons (Fsp3) is 0.588. The number of ether oxygens (including phenoxy) is 2. The van der Waals surface area contributed by atoms with E-state index in [1.807, 2.05) is 20.8 Å². The zero-order valence-electron chi connectivity index (χ0n) is 14.1. The van der Waals surface area contributed by atoms with Gasteiger partial charge in [-0.1, -0.05) is 0 Å². The number of hydrogen-bond donors (Lipinski definition) is 0. The van der Waals surface area contributed by atoms with Crippen LogP contribution < -0.4 is 4.74 Å². The van der Waals surface area contributed by atoms with Crippen molar-refractivity contribution in [3.8, 4) is 11.9 Å². The molecule has 1 aromatic rings. The van der Waals surface area contributed by atoms with Crippen molar-refractivity contribution in [1.82, 2.24) is 9.88 Å². The molecule has 124 valence electrons. The van der Waals surface area contributed by atoms with Crippen LogP contribution in [0.4, 0.5) is 4.79 Å². The maximum atomic E-state index is 12.2. The third-order valence-corrected chi connectivity index (χ3v) is 3.73. The van der Waals surface area contributed by atoms with E-state index in [2.05, 4.69) is 11.1 Å². The zero-order chi connectivity index (χ0) is 17.0. The quantitative estimate of drug-likeness (QED) is 0.838. The standard InChI is InChI=1S/C17H23N3O3/c1-17(2,3)23-16(21)20-7-5-6-12(11-20)14-8-13(9-18)15(22-4)19-10-14/h8,10,12H,5-7,11H2,1-4H3. The number of amides is 1. The smallest absolute Gasteiger partial charge is 0.410 e. The fourth-order valence-corrected chi connectivity index (χ4v) is 2.68. The molecule has 1 aromatic heterocycles. The Morgan fingerprint density at radius 2 is 2.22 bits per heavy atom.